The van der Waals surface area contributed by atoms with Gasteiger partial charge >= 0.3 is 0 Å². The number of hydrogen-bond donors (Lipinski definition) is 0. The van der Waals surface area contributed by atoms with Crippen LogP contribution in [-0.2, 0) is 10.8 Å². The molecule has 1 saturated heterocycles. The van der Waals surface area contributed by atoms with Gasteiger partial charge in [-0.15, -0.1) is 11.3 Å². The Morgan fingerprint density at radius 1 is 1.39 bits per heavy atom. The van der Waals surface area contributed by atoms with Gasteiger partial charge in [-0.2, -0.15) is 0 Å². The fourth-order valence-corrected chi connectivity index (χ4v) is 5.00. The van der Waals surface area contributed by atoms with Gasteiger partial charge in [0.2, 0.25) is 0 Å². The normalized spacial score (nSPS) is 24.7. The number of carbonyl (C=O) groups is 1. The average molecular weight is 349 g/mol. The van der Waals surface area contributed by atoms with Crippen molar-refractivity contribution in [2.45, 2.75) is 32.1 Å². The van der Waals surface area contributed by atoms with Crippen LogP contribution in [-0.4, -0.2) is 48.6 Å². The Balaban J connectivity index is 1.89. The van der Waals surface area contributed by atoms with Gasteiger partial charge in [0.1, 0.15) is 9.88 Å². The minimum Gasteiger partial charge on any atom is -0.333 e. The van der Waals surface area contributed by atoms with Gasteiger partial charge in [-0.05, 0) is 32.9 Å². The van der Waals surface area contributed by atoms with Crippen LogP contribution in [0.3, 0.4) is 0 Å². The largest absolute Gasteiger partial charge is 0.333 e. The third-order valence-electron chi connectivity index (χ3n) is 4.25. The number of amides is 1. The molecule has 0 aromatic carbocycles. The van der Waals surface area contributed by atoms with E-state index in [9.17, 15) is 9.00 Å². The molecule has 3 atom stereocenters. The Kier molecular flexibility index (Phi) is 4.59. The van der Waals surface area contributed by atoms with E-state index in [-0.39, 0.29) is 17.2 Å². The van der Waals surface area contributed by atoms with Crippen molar-refractivity contribution in [3.8, 4) is 10.7 Å². The van der Waals surface area contributed by atoms with Gasteiger partial charge in [0, 0.05) is 35.3 Å². The highest BCUT2D eigenvalue weighted by molar-refractivity contribution is 7.85. The molecule has 122 valence electrons. The predicted octanol–water partition coefficient (Wildman–Crippen LogP) is 2.50. The van der Waals surface area contributed by atoms with Crippen molar-refractivity contribution in [1.82, 2.24) is 14.9 Å². The second-order valence-corrected chi connectivity index (χ2v) is 8.59. The Hall–Kier alpha value is -1.60. The molecule has 3 heterocycles. The van der Waals surface area contributed by atoms with E-state index in [0.717, 1.165) is 16.4 Å². The average Bonchev–Trinajstić information content (AvgIpc) is 2.95. The van der Waals surface area contributed by atoms with Gasteiger partial charge in [-0.3, -0.25) is 14.0 Å². The smallest absolute Gasteiger partial charge is 0.266 e. The molecule has 1 amide bonds. The summed E-state index contributed by atoms with van der Waals surface area (Å²) in [6.07, 6.45) is 1.72. The van der Waals surface area contributed by atoms with Crippen LogP contribution in [0.1, 0.15) is 29.2 Å². The summed E-state index contributed by atoms with van der Waals surface area (Å²) >= 11 is 1.38. The molecular weight excluding hydrogens is 330 g/mol. The zero-order valence-corrected chi connectivity index (χ0v) is 15.0. The highest BCUT2D eigenvalue weighted by atomic mass is 32.2. The fourth-order valence-electron chi connectivity index (χ4n) is 2.66. The molecule has 2 aromatic rings. The molecular formula is C16H19N3O2S2. The lowest BCUT2D eigenvalue weighted by atomic mass is 10.2. The summed E-state index contributed by atoms with van der Waals surface area (Å²) < 4.78 is 11.9. The van der Waals surface area contributed by atoms with Crippen molar-refractivity contribution in [1.29, 1.82) is 0 Å². The molecule has 3 rings (SSSR count). The first kappa shape index (κ1) is 16.3. The van der Waals surface area contributed by atoms with Crippen LogP contribution in [0.4, 0.5) is 0 Å². The molecule has 7 heteroatoms. The van der Waals surface area contributed by atoms with E-state index in [4.69, 9.17) is 0 Å². The lowest BCUT2D eigenvalue weighted by Crippen LogP contribution is -2.52. The van der Waals surface area contributed by atoms with Crippen LogP contribution in [0.2, 0.25) is 0 Å². The maximum absolute atomic E-state index is 12.9. The first-order valence-corrected chi connectivity index (χ1v) is 9.76. The van der Waals surface area contributed by atoms with Gasteiger partial charge in [-0.1, -0.05) is 6.07 Å². The molecule has 0 spiro atoms. The number of pyridine rings is 1. The van der Waals surface area contributed by atoms with Crippen LogP contribution in [0, 0.1) is 6.92 Å². The van der Waals surface area contributed by atoms with E-state index in [1.807, 2.05) is 43.9 Å². The Bertz CT molecular complexity index is 745. The number of aromatic nitrogens is 2. The molecule has 0 radical (unpaired) electrons. The zero-order chi connectivity index (χ0) is 16.6. The van der Waals surface area contributed by atoms with Gasteiger partial charge in [0.15, 0.2) is 0 Å². The van der Waals surface area contributed by atoms with E-state index in [2.05, 4.69) is 9.97 Å². The molecule has 0 unspecified atom stereocenters. The standard InChI is InChI=1S/C16H19N3O2S2/c1-10-14(22-15(18-10)13-6-4-5-7-17-13)16(20)19-8-9-23(21)12(3)11(19)2/h4-7,11-12H,8-9H2,1-3H3/t11-,12-,23+/m0/s1. The molecule has 0 N–H and O–H groups in total. The van der Waals surface area contributed by atoms with Crippen LogP contribution in [0.15, 0.2) is 24.4 Å². The van der Waals surface area contributed by atoms with Crippen molar-refractivity contribution >= 4 is 28.0 Å². The number of carbonyl (C=O) groups excluding carboxylic acids is 1. The van der Waals surface area contributed by atoms with Gasteiger partial charge in [-0.25, -0.2) is 4.98 Å². The predicted molar refractivity (Wildman–Crippen MR) is 93.1 cm³/mol. The quantitative estimate of drug-likeness (QED) is 0.836. The Morgan fingerprint density at radius 3 is 2.87 bits per heavy atom. The van der Waals surface area contributed by atoms with Crippen molar-refractivity contribution in [3.63, 3.8) is 0 Å². The molecule has 5 nitrogen and oxygen atoms in total. The van der Waals surface area contributed by atoms with Gasteiger partial charge in [0.05, 0.1) is 16.6 Å². The topological polar surface area (TPSA) is 63.2 Å². The Morgan fingerprint density at radius 2 is 2.17 bits per heavy atom. The Labute approximate surface area is 142 Å². The first-order valence-electron chi connectivity index (χ1n) is 7.56. The summed E-state index contributed by atoms with van der Waals surface area (Å²) in [6, 6.07) is 5.62. The van der Waals surface area contributed by atoms with Gasteiger partial charge in [0.25, 0.3) is 5.91 Å². The number of rotatable bonds is 2. The van der Waals surface area contributed by atoms with Crippen molar-refractivity contribution < 1.29 is 9.00 Å². The first-order chi connectivity index (χ1) is 11.0. The number of nitrogens with zero attached hydrogens (tertiary/aromatic N) is 3. The van der Waals surface area contributed by atoms with E-state index < -0.39 is 10.8 Å². The summed E-state index contributed by atoms with van der Waals surface area (Å²) in [6.45, 7) is 6.30. The molecule has 1 aliphatic heterocycles. The van der Waals surface area contributed by atoms with Crippen LogP contribution in [0.5, 0.6) is 0 Å². The van der Waals surface area contributed by atoms with E-state index in [1.165, 1.54) is 11.3 Å². The lowest BCUT2D eigenvalue weighted by molar-refractivity contribution is 0.0699. The second kappa shape index (κ2) is 6.49. The highest BCUT2D eigenvalue weighted by Crippen LogP contribution is 2.29. The molecule has 0 saturated carbocycles. The molecule has 0 aliphatic carbocycles. The summed E-state index contributed by atoms with van der Waals surface area (Å²) in [7, 11) is -0.855. The van der Waals surface area contributed by atoms with Crippen LogP contribution >= 0.6 is 11.3 Å². The highest BCUT2D eigenvalue weighted by Gasteiger charge is 2.34. The van der Waals surface area contributed by atoms with E-state index >= 15 is 0 Å². The summed E-state index contributed by atoms with van der Waals surface area (Å²) in [5, 5.41) is 0.754. The number of hydrogen-bond acceptors (Lipinski definition) is 5. The SMILES string of the molecule is Cc1nc(-c2ccccn2)sc1C(=O)N1CC[S@@](=O)[C@@H](C)[C@@H]1C. The number of thiazole rings is 1. The maximum atomic E-state index is 12.9. The lowest BCUT2D eigenvalue weighted by Gasteiger charge is -2.37. The van der Waals surface area contributed by atoms with Crippen molar-refractivity contribution in [2.24, 2.45) is 0 Å². The van der Waals surface area contributed by atoms with E-state index in [1.54, 1.807) is 6.20 Å². The monoisotopic (exact) mass is 349 g/mol. The molecule has 1 aliphatic rings. The second-order valence-electron chi connectivity index (χ2n) is 5.68. The fraction of sp³-hybridized carbons (Fsp3) is 0.438. The minimum absolute atomic E-state index is 0.00353. The minimum atomic E-state index is -0.855. The van der Waals surface area contributed by atoms with E-state index in [0.29, 0.717) is 17.2 Å². The molecule has 1 fully saturated rings. The van der Waals surface area contributed by atoms with Crippen LogP contribution < -0.4 is 0 Å². The summed E-state index contributed by atoms with van der Waals surface area (Å²) in [4.78, 5) is 24.2. The molecule has 23 heavy (non-hydrogen) atoms. The van der Waals surface area contributed by atoms with Gasteiger partial charge < -0.3 is 4.90 Å². The number of aryl methyl sites for hydroxylation is 1. The molecule has 2 aromatic heterocycles. The van der Waals surface area contributed by atoms with Crippen LogP contribution in [0.25, 0.3) is 10.7 Å². The third kappa shape index (κ3) is 3.07. The molecule has 0 bridgehead atoms. The summed E-state index contributed by atoms with van der Waals surface area (Å²) in [5.74, 6) is 0.528. The van der Waals surface area contributed by atoms with Crippen molar-refractivity contribution in [3.05, 3.63) is 35.0 Å². The van der Waals surface area contributed by atoms with Crippen molar-refractivity contribution in [2.75, 3.05) is 12.3 Å². The zero-order valence-electron chi connectivity index (χ0n) is 13.4. The summed E-state index contributed by atoms with van der Waals surface area (Å²) in [5.41, 5.74) is 1.51. The third-order valence-corrected chi connectivity index (χ3v) is 7.23. The maximum Gasteiger partial charge on any atom is 0.266 e.